The molecule has 2 fully saturated rings. The number of nitrogens with one attached hydrogen (secondary N) is 1. The van der Waals surface area contributed by atoms with Crippen molar-refractivity contribution in [3.8, 4) is 0 Å². The minimum atomic E-state index is 0.139. The SMILES string of the molecule is NC(=S)NN=Cc1ccc(N2CCN(CC3CCCCC3)CC2)cc1Cl. The summed E-state index contributed by atoms with van der Waals surface area (Å²) >= 11 is 11.1. The Kier molecular flexibility index (Phi) is 7.11. The molecule has 0 radical (unpaired) electrons. The molecule has 0 spiro atoms. The van der Waals surface area contributed by atoms with E-state index in [0.29, 0.717) is 5.02 Å². The predicted molar refractivity (Wildman–Crippen MR) is 114 cm³/mol. The zero-order valence-corrected chi connectivity index (χ0v) is 16.7. The Balaban J connectivity index is 1.51. The van der Waals surface area contributed by atoms with Crippen LogP contribution < -0.4 is 16.1 Å². The Labute approximate surface area is 166 Å². The van der Waals surface area contributed by atoms with Crippen LogP contribution in [0, 0.1) is 5.92 Å². The number of halogens is 1. The van der Waals surface area contributed by atoms with E-state index in [1.165, 1.54) is 44.3 Å². The molecule has 142 valence electrons. The Morgan fingerprint density at radius 3 is 2.62 bits per heavy atom. The summed E-state index contributed by atoms with van der Waals surface area (Å²) in [6.07, 6.45) is 8.75. The van der Waals surface area contributed by atoms with Gasteiger partial charge in [-0.3, -0.25) is 10.3 Å². The van der Waals surface area contributed by atoms with E-state index in [9.17, 15) is 0 Å². The van der Waals surface area contributed by atoms with Crippen LogP contribution in [-0.2, 0) is 0 Å². The van der Waals surface area contributed by atoms with Crippen molar-refractivity contribution in [3.63, 3.8) is 0 Å². The van der Waals surface area contributed by atoms with Crippen molar-refractivity contribution in [2.75, 3.05) is 37.6 Å². The summed E-state index contributed by atoms with van der Waals surface area (Å²) in [5, 5.41) is 4.78. The molecular weight excluding hydrogens is 366 g/mol. The van der Waals surface area contributed by atoms with E-state index < -0.39 is 0 Å². The number of benzene rings is 1. The summed E-state index contributed by atoms with van der Waals surface area (Å²) < 4.78 is 0. The van der Waals surface area contributed by atoms with Gasteiger partial charge in [-0.05, 0) is 49.2 Å². The Morgan fingerprint density at radius 2 is 1.96 bits per heavy atom. The van der Waals surface area contributed by atoms with Crippen LogP contribution >= 0.6 is 23.8 Å². The van der Waals surface area contributed by atoms with Gasteiger partial charge in [-0.1, -0.05) is 30.9 Å². The fourth-order valence-corrected chi connectivity index (χ4v) is 4.18. The monoisotopic (exact) mass is 393 g/mol. The van der Waals surface area contributed by atoms with Gasteiger partial charge < -0.3 is 10.6 Å². The lowest BCUT2D eigenvalue weighted by Gasteiger charge is -2.38. The third-order valence-electron chi connectivity index (χ3n) is 5.34. The Hall–Kier alpha value is -1.37. The molecule has 7 heteroatoms. The van der Waals surface area contributed by atoms with Crippen LogP contribution in [0.1, 0.15) is 37.7 Å². The lowest BCUT2D eigenvalue weighted by molar-refractivity contribution is 0.192. The van der Waals surface area contributed by atoms with Gasteiger partial charge in [0.1, 0.15) is 0 Å². The van der Waals surface area contributed by atoms with Gasteiger partial charge in [-0.15, -0.1) is 0 Å². The van der Waals surface area contributed by atoms with Crippen molar-refractivity contribution in [2.45, 2.75) is 32.1 Å². The molecule has 3 N–H and O–H groups in total. The van der Waals surface area contributed by atoms with Crippen LogP contribution in [0.25, 0.3) is 0 Å². The Morgan fingerprint density at radius 1 is 1.23 bits per heavy atom. The minimum Gasteiger partial charge on any atom is -0.375 e. The number of thiocarbonyl (C=S) groups is 1. The fraction of sp³-hybridized carbons (Fsp3) is 0.579. The first-order chi connectivity index (χ1) is 12.6. The molecule has 1 aromatic carbocycles. The maximum Gasteiger partial charge on any atom is 0.184 e. The molecule has 1 saturated carbocycles. The second-order valence-corrected chi connectivity index (χ2v) is 8.08. The highest BCUT2D eigenvalue weighted by molar-refractivity contribution is 7.80. The van der Waals surface area contributed by atoms with Gasteiger partial charge in [-0.2, -0.15) is 5.10 Å². The van der Waals surface area contributed by atoms with E-state index in [0.717, 1.165) is 37.7 Å². The smallest absolute Gasteiger partial charge is 0.184 e. The summed E-state index contributed by atoms with van der Waals surface area (Å²) in [6.45, 7) is 5.66. The summed E-state index contributed by atoms with van der Waals surface area (Å²) in [7, 11) is 0. The van der Waals surface area contributed by atoms with Gasteiger partial charge in [0.05, 0.1) is 11.2 Å². The lowest BCUT2D eigenvalue weighted by atomic mass is 9.89. The third-order valence-corrected chi connectivity index (χ3v) is 5.76. The topological polar surface area (TPSA) is 56.9 Å². The molecule has 1 heterocycles. The molecule has 0 amide bonds. The molecule has 26 heavy (non-hydrogen) atoms. The van der Waals surface area contributed by atoms with E-state index in [2.05, 4.69) is 26.4 Å². The summed E-state index contributed by atoms with van der Waals surface area (Å²) in [5.41, 5.74) is 9.91. The molecule has 1 aromatic rings. The molecule has 0 atom stereocenters. The molecule has 1 aliphatic carbocycles. The molecule has 0 bridgehead atoms. The van der Waals surface area contributed by atoms with Crippen molar-refractivity contribution >= 4 is 40.8 Å². The zero-order valence-electron chi connectivity index (χ0n) is 15.2. The minimum absolute atomic E-state index is 0.139. The number of rotatable bonds is 5. The average Bonchev–Trinajstić information content (AvgIpc) is 2.64. The standard InChI is InChI=1S/C19H28ClN5S/c20-18-12-17(7-6-16(18)13-22-23-19(21)26)25-10-8-24(9-11-25)14-15-4-2-1-3-5-15/h6-7,12-13,15H,1-5,8-11,14H2,(H3,21,23,26). The first-order valence-electron chi connectivity index (χ1n) is 9.47. The Bertz CT molecular complexity index is 637. The van der Waals surface area contributed by atoms with E-state index in [1.807, 2.05) is 12.1 Å². The number of nitrogens with two attached hydrogens (primary N) is 1. The second-order valence-electron chi connectivity index (χ2n) is 7.23. The summed E-state index contributed by atoms with van der Waals surface area (Å²) in [6, 6.07) is 6.10. The number of piperazine rings is 1. The molecule has 5 nitrogen and oxygen atoms in total. The molecule has 2 aliphatic rings. The molecule has 3 rings (SSSR count). The molecule has 1 saturated heterocycles. The first-order valence-corrected chi connectivity index (χ1v) is 10.3. The number of hydrazone groups is 1. The highest BCUT2D eigenvalue weighted by Gasteiger charge is 2.21. The summed E-state index contributed by atoms with van der Waals surface area (Å²) in [4.78, 5) is 5.05. The quantitative estimate of drug-likeness (QED) is 0.457. The van der Waals surface area contributed by atoms with Crippen LogP contribution in [0.5, 0.6) is 0 Å². The maximum atomic E-state index is 6.40. The van der Waals surface area contributed by atoms with Crippen molar-refractivity contribution in [1.29, 1.82) is 0 Å². The van der Waals surface area contributed by atoms with E-state index in [1.54, 1.807) is 6.21 Å². The maximum absolute atomic E-state index is 6.40. The normalized spacial score (nSPS) is 19.8. The largest absolute Gasteiger partial charge is 0.375 e. The molecular formula is C19H28ClN5S. The highest BCUT2D eigenvalue weighted by atomic mass is 35.5. The van der Waals surface area contributed by atoms with E-state index in [4.69, 9.17) is 29.6 Å². The molecule has 0 unspecified atom stereocenters. The van der Waals surface area contributed by atoms with Gasteiger partial charge in [0.25, 0.3) is 0 Å². The zero-order chi connectivity index (χ0) is 18.4. The van der Waals surface area contributed by atoms with Gasteiger partial charge in [0.2, 0.25) is 0 Å². The number of hydrogen-bond donors (Lipinski definition) is 2. The van der Waals surface area contributed by atoms with Gasteiger partial charge >= 0.3 is 0 Å². The van der Waals surface area contributed by atoms with Crippen molar-refractivity contribution in [2.24, 2.45) is 16.8 Å². The van der Waals surface area contributed by atoms with E-state index >= 15 is 0 Å². The van der Waals surface area contributed by atoms with Crippen LogP contribution in [-0.4, -0.2) is 49.0 Å². The van der Waals surface area contributed by atoms with Crippen LogP contribution in [0.4, 0.5) is 5.69 Å². The fourth-order valence-electron chi connectivity index (χ4n) is 3.91. The predicted octanol–water partition coefficient (Wildman–Crippen LogP) is 3.21. The lowest BCUT2D eigenvalue weighted by Crippen LogP contribution is -2.48. The number of hydrogen-bond acceptors (Lipinski definition) is 4. The number of nitrogens with zero attached hydrogens (tertiary/aromatic N) is 3. The second kappa shape index (κ2) is 9.53. The van der Waals surface area contributed by atoms with Crippen LogP contribution in [0.2, 0.25) is 5.02 Å². The van der Waals surface area contributed by atoms with Crippen molar-refractivity contribution in [3.05, 3.63) is 28.8 Å². The van der Waals surface area contributed by atoms with Crippen molar-refractivity contribution in [1.82, 2.24) is 10.3 Å². The average molecular weight is 394 g/mol. The highest BCUT2D eigenvalue weighted by Crippen LogP contribution is 2.26. The van der Waals surface area contributed by atoms with Gasteiger partial charge in [0.15, 0.2) is 5.11 Å². The number of anilines is 1. The summed E-state index contributed by atoms with van der Waals surface area (Å²) in [5.74, 6) is 0.915. The van der Waals surface area contributed by atoms with Gasteiger partial charge in [0, 0.05) is 44.0 Å². The van der Waals surface area contributed by atoms with Crippen molar-refractivity contribution < 1.29 is 0 Å². The molecule has 1 aliphatic heterocycles. The van der Waals surface area contributed by atoms with Gasteiger partial charge in [-0.25, -0.2) is 0 Å². The van der Waals surface area contributed by atoms with E-state index in [-0.39, 0.29) is 5.11 Å². The van der Waals surface area contributed by atoms with Crippen LogP contribution in [0.3, 0.4) is 0 Å². The third kappa shape index (κ3) is 5.56. The molecule has 0 aromatic heterocycles. The first kappa shape index (κ1) is 19.4. The van der Waals surface area contributed by atoms with Crippen LogP contribution in [0.15, 0.2) is 23.3 Å².